The number of nitrogens with one attached hydrogen (secondary N) is 1. The normalized spacial score (nSPS) is 12.7. The molecule has 0 bridgehead atoms. The average molecular weight is 476 g/mol. The zero-order valence-electron chi connectivity index (χ0n) is 19.8. The first-order chi connectivity index (χ1) is 15.5. The largest absolute Gasteiger partial charge is 0.469 e. The predicted molar refractivity (Wildman–Crippen MR) is 128 cm³/mol. The van der Waals surface area contributed by atoms with Crippen molar-refractivity contribution in [2.75, 3.05) is 32.6 Å². The minimum absolute atomic E-state index is 0.0619. The molecule has 1 unspecified atom stereocenters. The fraction of sp³-hybridized carbons (Fsp3) is 0.417. The van der Waals surface area contributed by atoms with Gasteiger partial charge in [-0.1, -0.05) is 37.3 Å². The average Bonchev–Trinajstić information content (AvgIpc) is 2.78. The summed E-state index contributed by atoms with van der Waals surface area (Å²) in [5.74, 6) is -0.997. The van der Waals surface area contributed by atoms with Gasteiger partial charge in [0.25, 0.3) is 0 Å². The van der Waals surface area contributed by atoms with Gasteiger partial charge in [0.05, 0.1) is 24.5 Å². The summed E-state index contributed by atoms with van der Waals surface area (Å²) in [7, 11) is -0.715. The summed E-state index contributed by atoms with van der Waals surface area (Å²) < 4.78 is 31.3. The third-order valence-electron chi connectivity index (χ3n) is 5.29. The second kappa shape index (κ2) is 11.9. The molecule has 0 aromatic heterocycles. The maximum atomic E-state index is 12.7. The number of carbonyl (C=O) groups excluding carboxylic acids is 2. The van der Waals surface area contributed by atoms with E-state index in [1.807, 2.05) is 35.2 Å². The van der Waals surface area contributed by atoms with Gasteiger partial charge in [-0.25, -0.2) is 8.42 Å². The number of amides is 1. The van der Waals surface area contributed by atoms with Crippen LogP contribution in [-0.4, -0.2) is 62.8 Å². The Morgan fingerprint density at radius 2 is 1.61 bits per heavy atom. The number of ether oxygens (including phenoxy) is 1. The molecule has 180 valence electrons. The molecule has 0 fully saturated rings. The molecule has 0 aliphatic carbocycles. The summed E-state index contributed by atoms with van der Waals surface area (Å²) >= 11 is 0. The lowest BCUT2D eigenvalue weighted by molar-refractivity contribution is -0.145. The van der Waals surface area contributed by atoms with E-state index in [9.17, 15) is 18.0 Å². The van der Waals surface area contributed by atoms with E-state index in [4.69, 9.17) is 4.74 Å². The fourth-order valence-corrected chi connectivity index (χ4v) is 4.61. The van der Waals surface area contributed by atoms with E-state index < -0.39 is 15.9 Å². The molecule has 2 rings (SSSR count). The monoisotopic (exact) mass is 475 g/mol. The van der Waals surface area contributed by atoms with Crippen LogP contribution in [0.5, 0.6) is 0 Å². The number of carbonyl (C=O) groups is 2. The number of sulfonamides is 1. The van der Waals surface area contributed by atoms with Gasteiger partial charge in [-0.15, -0.1) is 0 Å². The molecule has 0 heterocycles. The van der Waals surface area contributed by atoms with E-state index in [1.54, 1.807) is 32.9 Å². The maximum Gasteiger partial charge on any atom is 0.309 e. The number of hydrogen-bond acceptors (Lipinski definition) is 6. The van der Waals surface area contributed by atoms with E-state index in [0.717, 1.165) is 5.56 Å². The van der Waals surface area contributed by atoms with Crippen molar-refractivity contribution >= 4 is 27.6 Å². The molecule has 1 N–H and O–H groups in total. The third-order valence-corrected chi connectivity index (χ3v) is 7.34. The summed E-state index contributed by atoms with van der Waals surface area (Å²) in [6, 6.07) is 15.6. The Balaban J connectivity index is 2.08. The molecule has 0 spiro atoms. The van der Waals surface area contributed by atoms with Crippen molar-refractivity contribution in [2.24, 2.45) is 5.92 Å². The Hall–Kier alpha value is -2.75. The number of anilines is 1. The molecule has 0 aliphatic rings. The molecule has 2 aromatic rings. The Labute approximate surface area is 196 Å². The van der Waals surface area contributed by atoms with Gasteiger partial charge in [-0.3, -0.25) is 14.5 Å². The first-order valence-corrected chi connectivity index (χ1v) is 12.2. The van der Waals surface area contributed by atoms with Crippen LogP contribution >= 0.6 is 0 Å². The van der Waals surface area contributed by atoms with Gasteiger partial charge in [-0.2, -0.15) is 4.31 Å². The lowest BCUT2D eigenvalue weighted by Crippen LogP contribution is -2.37. The van der Waals surface area contributed by atoms with Crippen molar-refractivity contribution in [1.82, 2.24) is 9.21 Å². The molecule has 33 heavy (non-hydrogen) atoms. The predicted octanol–water partition coefficient (Wildman–Crippen LogP) is 2.97. The molecule has 1 amide bonds. The number of hydrogen-bond donors (Lipinski definition) is 1. The zero-order chi connectivity index (χ0) is 24.6. The Morgan fingerprint density at radius 1 is 1.00 bits per heavy atom. The Bertz CT molecular complexity index is 1020. The zero-order valence-corrected chi connectivity index (χ0v) is 20.6. The van der Waals surface area contributed by atoms with Crippen LogP contribution in [0.3, 0.4) is 0 Å². The standard InChI is InChI=1S/C24H33N3O5S/c1-18(2)26(4)33(30,31)22-13-11-21(12-14-22)25-23(28)17-27(15-19(3)24(29)32-5)16-20-9-7-6-8-10-20/h6-14,18-19H,15-17H2,1-5H3,(H,25,28). The van der Waals surface area contributed by atoms with Gasteiger partial charge in [0, 0.05) is 31.9 Å². The highest BCUT2D eigenvalue weighted by Gasteiger charge is 2.23. The van der Waals surface area contributed by atoms with Crippen LogP contribution in [0.25, 0.3) is 0 Å². The summed E-state index contributed by atoms with van der Waals surface area (Å²) in [5.41, 5.74) is 1.51. The second-order valence-corrected chi connectivity index (χ2v) is 10.3. The van der Waals surface area contributed by atoms with Crippen LogP contribution in [0, 0.1) is 5.92 Å². The maximum absolute atomic E-state index is 12.7. The van der Waals surface area contributed by atoms with Crippen molar-refractivity contribution < 1.29 is 22.7 Å². The minimum Gasteiger partial charge on any atom is -0.469 e. The van der Waals surface area contributed by atoms with Crippen molar-refractivity contribution in [3.8, 4) is 0 Å². The fourth-order valence-electron chi connectivity index (χ4n) is 3.25. The van der Waals surface area contributed by atoms with Crippen molar-refractivity contribution in [2.45, 2.75) is 38.3 Å². The highest BCUT2D eigenvalue weighted by molar-refractivity contribution is 7.89. The smallest absolute Gasteiger partial charge is 0.309 e. The minimum atomic E-state index is -3.59. The van der Waals surface area contributed by atoms with E-state index in [1.165, 1.54) is 30.6 Å². The molecule has 0 radical (unpaired) electrons. The Kier molecular flexibility index (Phi) is 9.57. The number of esters is 1. The topological polar surface area (TPSA) is 96.0 Å². The molecule has 0 saturated heterocycles. The van der Waals surface area contributed by atoms with E-state index >= 15 is 0 Å². The molecule has 1 atom stereocenters. The van der Waals surface area contributed by atoms with Crippen LogP contribution in [0.1, 0.15) is 26.3 Å². The first kappa shape index (κ1) is 26.5. The Morgan fingerprint density at radius 3 is 2.15 bits per heavy atom. The van der Waals surface area contributed by atoms with Gasteiger partial charge < -0.3 is 10.1 Å². The number of rotatable bonds is 11. The first-order valence-electron chi connectivity index (χ1n) is 10.8. The summed E-state index contributed by atoms with van der Waals surface area (Å²) in [4.78, 5) is 26.6. The third kappa shape index (κ3) is 7.66. The van der Waals surface area contributed by atoms with Gasteiger partial charge in [-0.05, 0) is 43.7 Å². The molecule has 0 saturated carbocycles. The number of methoxy groups -OCH3 is 1. The van der Waals surface area contributed by atoms with Crippen LogP contribution < -0.4 is 5.32 Å². The molecule has 2 aromatic carbocycles. The molecular formula is C24H33N3O5S. The molecular weight excluding hydrogens is 442 g/mol. The lowest BCUT2D eigenvalue weighted by Gasteiger charge is -2.24. The second-order valence-electron chi connectivity index (χ2n) is 8.27. The summed E-state index contributed by atoms with van der Waals surface area (Å²) in [6.07, 6.45) is 0. The van der Waals surface area contributed by atoms with E-state index in [0.29, 0.717) is 18.8 Å². The van der Waals surface area contributed by atoms with Crippen molar-refractivity contribution in [3.63, 3.8) is 0 Å². The van der Waals surface area contributed by atoms with Crippen LogP contribution in [0.15, 0.2) is 59.5 Å². The van der Waals surface area contributed by atoms with Gasteiger partial charge in [0.15, 0.2) is 0 Å². The number of nitrogens with zero attached hydrogens (tertiary/aromatic N) is 2. The van der Waals surface area contributed by atoms with Crippen LogP contribution in [0.2, 0.25) is 0 Å². The quantitative estimate of drug-likeness (QED) is 0.502. The highest BCUT2D eigenvalue weighted by atomic mass is 32.2. The molecule has 8 nitrogen and oxygen atoms in total. The SMILES string of the molecule is COC(=O)C(C)CN(CC(=O)Nc1ccc(S(=O)(=O)N(C)C(C)C)cc1)Cc1ccccc1. The van der Waals surface area contributed by atoms with Gasteiger partial charge >= 0.3 is 5.97 Å². The van der Waals surface area contributed by atoms with Crippen molar-refractivity contribution in [1.29, 1.82) is 0 Å². The lowest BCUT2D eigenvalue weighted by atomic mass is 10.1. The van der Waals surface area contributed by atoms with Gasteiger partial charge in [0.2, 0.25) is 15.9 Å². The highest BCUT2D eigenvalue weighted by Crippen LogP contribution is 2.19. The number of benzene rings is 2. The van der Waals surface area contributed by atoms with Crippen LogP contribution in [0.4, 0.5) is 5.69 Å². The summed E-state index contributed by atoms with van der Waals surface area (Å²) in [5, 5.41) is 2.80. The van der Waals surface area contributed by atoms with E-state index in [-0.39, 0.29) is 29.4 Å². The molecule has 0 aliphatic heterocycles. The summed E-state index contributed by atoms with van der Waals surface area (Å²) in [6.45, 7) is 6.27. The van der Waals surface area contributed by atoms with Crippen LogP contribution in [-0.2, 0) is 30.9 Å². The van der Waals surface area contributed by atoms with Gasteiger partial charge in [0.1, 0.15) is 0 Å². The van der Waals surface area contributed by atoms with Crippen molar-refractivity contribution in [3.05, 3.63) is 60.2 Å². The molecule has 9 heteroatoms. The van der Waals surface area contributed by atoms with E-state index in [2.05, 4.69) is 5.32 Å².